The lowest BCUT2D eigenvalue weighted by molar-refractivity contribution is -0.154. The Morgan fingerprint density at radius 3 is 1.19 bits per heavy atom. The van der Waals surface area contributed by atoms with Crippen molar-refractivity contribution in [3.8, 4) is 0 Å². The molecular weight excluding hydrogens is 641 g/mol. The first kappa shape index (κ1) is 50.1. The molecule has 4 heteroatoms. The number of allylic oxidation sites excluding steroid dienone is 9. The molecule has 302 valence electrons. The third kappa shape index (κ3) is 42.5. The molecule has 0 spiro atoms. The first-order valence-electron chi connectivity index (χ1n) is 22.4. The average molecular weight is 727 g/mol. The van der Waals surface area contributed by atoms with Crippen LogP contribution in [0, 0.1) is 0 Å². The highest BCUT2D eigenvalue weighted by Crippen LogP contribution is 2.16. The van der Waals surface area contributed by atoms with Gasteiger partial charge in [-0.2, -0.15) is 0 Å². The molecule has 0 aromatic heterocycles. The standard InChI is InChI=1S/C48H86O4/c1-3-5-7-9-11-13-15-17-19-21-22-23-24-25-26-27-28-29-31-33-35-37-39-41-43-48(50)52-47(45-49)46-51-44-42-40-38-36-34-32-30-20-18-16-14-12-10-8-6-4-2/h6,8,12,14,18,20,32,34,38,40,47,49H,3-5,7,9-11,13,15-17,19,21-31,33,35-37,39,41-46H2,1-2H3/b8-6-,14-12-,20-18-,34-32-,40-38-. The fourth-order valence-electron chi connectivity index (χ4n) is 6.34. The number of aliphatic hydroxyl groups is 1. The molecule has 1 unspecified atom stereocenters. The van der Waals surface area contributed by atoms with Crippen LogP contribution in [-0.4, -0.2) is 37.0 Å². The lowest BCUT2D eigenvalue weighted by atomic mass is 10.0. The number of esters is 1. The number of unbranched alkanes of at least 4 members (excludes halogenated alkanes) is 23. The van der Waals surface area contributed by atoms with E-state index in [0.29, 0.717) is 13.0 Å². The monoisotopic (exact) mass is 727 g/mol. The molecule has 0 saturated carbocycles. The van der Waals surface area contributed by atoms with Gasteiger partial charge in [0.05, 0.1) is 19.8 Å². The van der Waals surface area contributed by atoms with Crippen LogP contribution in [0.4, 0.5) is 0 Å². The molecule has 52 heavy (non-hydrogen) atoms. The number of carbonyl (C=O) groups is 1. The minimum Gasteiger partial charge on any atom is -0.457 e. The number of rotatable bonds is 41. The van der Waals surface area contributed by atoms with Gasteiger partial charge < -0.3 is 14.6 Å². The highest BCUT2D eigenvalue weighted by atomic mass is 16.6. The van der Waals surface area contributed by atoms with Gasteiger partial charge >= 0.3 is 5.97 Å². The summed E-state index contributed by atoms with van der Waals surface area (Å²) in [7, 11) is 0. The maximum absolute atomic E-state index is 12.2. The topological polar surface area (TPSA) is 55.8 Å². The summed E-state index contributed by atoms with van der Waals surface area (Å²) in [6.45, 7) is 5.04. The van der Waals surface area contributed by atoms with E-state index in [9.17, 15) is 9.90 Å². The summed E-state index contributed by atoms with van der Waals surface area (Å²) in [4.78, 5) is 12.2. The summed E-state index contributed by atoms with van der Waals surface area (Å²) < 4.78 is 11.1. The molecule has 1 atom stereocenters. The summed E-state index contributed by atoms with van der Waals surface area (Å²) in [6, 6.07) is 0. The van der Waals surface area contributed by atoms with E-state index in [4.69, 9.17) is 9.47 Å². The average Bonchev–Trinajstić information content (AvgIpc) is 3.15. The Balaban J connectivity index is 3.46. The lowest BCUT2D eigenvalue weighted by Crippen LogP contribution is -2.27. The summed E-state index contributed by atoms with van der Waals surface area (Å²) in [5.74, 6) is -0.223. The van der Waals surface area contributed by atoms with Crippen LogP contribution in [-0.2, 0) is 14.3 Å². The first-order valence-corrected chi connectivity index (χ1v) is 22.4. The highest BCUT2D eigenvalue weighted by Gasteiger charge is 2.13. The highest BCUT2D eigenvalue weighted by molar-refractivity contribution is 5.69. The minimum atomic E-state index is -0.574. The van der Waals surface area contributed by atoms with Crippen molar-refractivity contribution < 1.29 is 19.4 Å². The van der Waals surface area contributed by atoms with Gasteiger partial charge in [-0.05, 0) is 44.9 Å². The Hall–Kier alpha value is -1.91. The van der Waals surface area contributed by atoms with Gasteiger partial charge in [-0.15, -0.1) is 0 Å². The third-order valence-electron chi connectivity index (χ3n) is 9.63. The van der Waals surface area contributed by atoms with Gasteiger partial charge in [0.2, 0.25) is 0 Å². The molecule has 0 fully saturated rings. The molecule has 0 radical (unpaired) electrons. The molecule has 0 heterocycles. The second-order valence-electron chi connectivity index (χ2n) is 14.7. The second kappa shape index (κ2) is 45.2. The molecule has 0 aliphatic heterocycles. The van der Waals surface area contributed by atoms with Crippen LogP contribution in [0.15, 0.2) is 60.8 Å². The molecular formula is C48H86O4. The maximum atomic E-state index is 12.2. The van der Waals surface area contributed by atoms with E-state index in [1.54, 1.807) is 0 Å². The number of hydrogen-bond donors (Lipinski definition) is 1. The Kier molecular flexibility index (Phi) is 43.6. The van der Waals surface area contributed by atoms with Crippen molar-refractivity contribution in [1.82, 2.24) is 0 Å². The number of carbonyl (C=O) groups excluding carboxylic acids is 1. The molecule has 0 bridgehead atoms. The van der Waals surface area contributed by atoms with E-state index in [1.165, 1.54) is 141 Å². The Bertz CT molecular complexity index is 854. The zero-order chi connectivity index (χ0) is 37.7. The summed E-state index contributed by atoms with van der Waals surface area (Å²) in [5, 5.41) is 9.59. The molecule has 0 aliphatic carbocycles. The normalized spacial score (nSPS) is 12.9. The number of hydrogen-bond acceptors (Lipinski definition) is 4. The predicted octanol–water partition coefficient (Wildman–Crippen LogP) is 14.8. The van der Waals surface area contributed by atoms with Crippen LogP contribution in [0.25, 0.3) is 0 Å². The number of aliphatic hydroxyl groups excluding tert-OH is 1. The fourth-order valence-corrected chi connectivity index (χ4v) is 6.34. The summed E-state index contributed by atoms with van der Waals surface area (Å²) >= 11 is 0. The van der Waals surface area contributed by atoms with Crippen LogP contribution in [0.3, 0.4) is 0 Å². The van der Waals surface area contributed by atoms with Crippen molar-refractivity contribution >= 4 is 5.97 Å². The van der Waals surface area contributed by atoms with E-state index in [0.717, 1.165) is 51.4 Å². The smallest absolute Gasteiger partial charge is 0.306 e. The molecule has 1 N–H and O–H groups in total. The van der Waals surface area contributed by atoms with E-state index in [1.807, 2.05) is 0 Å². The quantitative estimate of drug-likeness (QED) is 0.0387. The fraction of sp³-hybridized carbons (Fsp3) is 0.771. The molecule has 0 aromatic rings. The van der Waals surface area contributed by atoms with Gasteiger partial charge in [0, 0.05) is 6.42 Å². The third-order valence-corrected chi connectivity index (χ3v) is 9.63. The number of ether oxygens (including phenoxy) is 2. The van der Waals surface area contributed by atoms with Gasteiger partial charge in [0.25, 0.3) is 0 Å². The van der Waals surface area contributed by atoms with Crippen molar-refractivity contribution in [1.29, 1.82) is 0 Å². The van der Waals surface area contributed by atoms with E-state index < -0.39 is 6.10 Å². The SMILES string of the molecule is CC/C=C\C/C=C\C/C=C\C/C=C\C/C=C\CCOCC(CO)OC(=O)CCCCCCCCCCCCCCCCCCCCCCCCCC. The van der Waals surface area contributed by atoms with E-state index in [2.05, 4.69) is 74.6 Å². The summed E-state index contributed by atoms with van der Waals surface area (Å²) in [6.07, 6.45) is 60.3. The lowest BCUT2D eigenvalue weighted by Gasteiger charge is -2.15. The molecule has 0 aromatic carbocycles. The van der Waals surface area contributed by atoms with Crippen LogP contribution in [0.2, 0.25) is 0 Å². The van der Waals surface area contributed by atoms with Crippen LogP contribution < -0.4 is 0 Å². The molecule has 0 saturated heterocycles. The van der Waals surface area contributed by atoms with Gasteiger partial charge in [-0.1, -0.05) is 222 Å². The second-order valence-corrected chi connectivity index (χ2v) is 14.7. The van der Waals surface area contributed by atoms with Crippen LogP contribution >= 0.6 is 0 Å². The van der Waals surface area contributed by atoms with E-state index >= 15 is 0 Å². The Morgan fingerprint density at radius 2 is 0.827 bits per heavy atom. The van der Waals surface area contributed by atoms with Crippen molar-refractivity contribution in [2.75, 3.05) is 19.8 Å². The Morgan fingerprint density at radius 1 is 0.481 bits per heavy atom. The van der Waals surface area contributed by atoms with Crippen LogP contribution in [0.1, 0.15) is 213 Å². The zero-order valence-electron chi connectivity index (χ0n) is 34.6. The molecule has 0 rings (SSSR count). The van der Waals surface area contributed by atoms with Crippen LogP contribution in [0.5, 0.6) is 0 Å². The van der Waals surface area contributed by atoms with Gasteiger partial charge in [-0.3, -0.25) is 4.79 Å². The molecule has 4 nitrogen and oxygen atoms in total. The van der Waals surface area contributed by atoms with Gasteiger partial charge in [0.1, 0.15) is 6.10 Å². The zero-order valence-corrected chi connectivity index (χ0v) is 34.6. The Labute approximate surface area is 324 Å². The largest absolute Gasteiger partial charge is 0.457 e. The van der Waals surface area contributed by atoms with Gasteiger partial charge in [0.15, 0.2) is 0 Å². The van der Waals surface area contributed by atoms with E-state index in [-0.39, 0.29) is 19.2 Å². The maximum Gasteiger partial charge on any atom is 0.306 e. The molecule has 0 amide bonds. The van der Waals surface area contributed by atoms with Crippen molar-refractivity contribution in [2.45, 2.75) is 219 Å². The summed E-state index contributed by atoms with van der Waals surface area (Å²) in [5.41, 5.74) is 0. The first-order chi connectivity index (χ1) is 25.7. The molecule has 0 aliphatic rings. The minimum absolute atomic E-state index is 0.202. The van der Waals surface area contributed by atoms with Crippen molar-refractivity contribution in [3.63, 3.8) is 0 Å². The predicted molar refractivity (Wildman–Crippen MR) is 228 cm³/mol. The van der Waals surface area contributed by atoms with Gasteiger partial charge in [-0.25, -0.2) is 0 Å². The van der Waals surface area contributed by atoms with Crippen molar-refractivity contribution in [3.05, 3.63) is 60.8 Å². The van der Waals surface area contributed by atoms with Crippen molar-refractivity contribution in [2.24, 2.45) is 0 Å².